The zero-order valence-corrected chi connectivity index (χ0v) is 9.79. The van der Waals surface area contributed by atoms with Gasteiger partial charge in [-0.15, -0.1) is 0 Å². The van der Waals surface area contributed by atoms with Gasteiger partial charge in [-0.3, -0.25) is 14.3 Å². The normalized spacial score (nSPS) is 12.1. The van der Waals surface area contributed by atoms with Crippen LogP contribution in [0.15, 0.2) is 6.33 Å². The van der Waals surface area contributed by atoms with Crippen LogP contribution in [0.5, 0.6) is 0 Å². The van der Waals surface area contributed by atoms with Crippen LogP contribution in [0, 0.1) is 5.92 Å². The molecule has 0 aliphatic heterocycles. The molecule has 0 amide bonds. The molecule has 1 aromatic rings. The lowest BCUT2D eigenvalue weighted by Crippen LogP contribution is -2.28. The van der Waals surface area contributed by atoms with E-state index in [1.165, 1.54) is 6.33 Å². The number of hydrogen-bond acceptors (Lipinski definition) is 5. The van der Waals surface area contributed by atoms with Crippen molar-refractivity contribution in [2.45, 2.75) is 26.3 Å². The number of carboxylic acids is 1. The number of rotatable bonds is 6. The number of carbonyl (C=O) groups excluding carboxylic acids is 1. The maximum Gasteiger partial charge on any atom is 0.320 e. The third-order valence-electron chi connectivity index (χ3n) is 2.30. The molecule has 17 heavy (non-hydrogen) atoms. The molecule has 0 bridgehead atoms. The molecule has 0 aliphatic rings. The van der Waals surface area contributed by atoms with Gasteiger partial charge >= 0.3 is 11.9 Å². The number of aliphatic carboxylic acids is 1. The highest BCUT2D eigenvalue weighted by Crippen LogP contribution is 2.09. The molecule has 0 spiro atoms. The molecule has 0 aliphatic carbocycles. The Bertz CT molecular complexity index is 402. The first kappa shape index (κ1) is 13.1. The Morgan fingerprint density at radius 2 is 2.29 bits per heavy atom. The first-order valence-corrected chi connectivity index (χ1v) is 5.27. The molecule has 0 saturated carbocycles. The van der Waals surface area contributed by atoms with Crippen molar-refractivity contribution < 1.29 is 19.4 Å². The zero-order valence-electron chi connectivity index (χ0n) is 9.79. The molecule has 1 unspecified atom stereocenters. The summed E-state index contributed by atoms with van der Waals surface area (Å²) >= 11 is 0. The van der Waals surface area contributed by atoms with Gasteiger partial charge in [0.15, 0.2) is 5.92 Å². The summed E-state index contributed by atoms with van der Waals surface area (Å²) in [5.41, 5.74) is 0. The van der Waals surface area contributed by atoms with Gasteiger partial charge in [0, 0.05) is 13.0 Å². The van der Waals surface area contributed by atoms with E-state index >= 15 is 0 Å². The molecule has 1 aromatic heterocycles. The number of carboxylic acid groups (broad SMARTS) is 1. The van der Waals surface area contributed by atoms with Crippen LogP contribution >= 0.6 is 0 Å². The molecule has 7 nitrogen and oxygen atoms in total. The quantitative estimate of drug-likeness (QED) is 0.561. The van der Waals surface area contributed by atoms with E-state index in [1.54, 1.807) is 4.68 Å². The van der Waals surface area contributed by atoms with Crippen molar-refractivity contribution in [3.8, 4) is 0 Å². The number of esters is 1. The molecule has 0 aromatic carbocycles. The Balaban J connectivity index is 2.82. The Morgan fingerprint density at radius 3 is 2.82 bits per heavy atom. The second-order valence-electron chi connectivity index (χ2n) is 3.52. The van der Waals surface area contributed by atoms with Crippen LogP contribution in [0.2, 0.25) is 0 Å². The minimum absolute atomic E-state index is 0.0119. The number of nitrogens with zero attached hydrogens (tertiary/aromatic N) is 3. The number of carbonyl (C=O) groups is 2. The van der Waals surface area contributed by atoms with E-state index in [9.17, 15) is 9.59 Å². The number of aryl methyl sites for hydroxylation is 1. The van der Waals surface area contributed by atoms with Gasteiger partial charge in [0.2, 0.25) is 0 Å². The van der Waals surface area contributed by atoms with Crippen LogP contribution < -0.4 is 0 Å². The van der Waals surface area contributed by atoms with E-state index in [1.807, 2.05) is 6.92 Å². The molecule has 0 radical (unpaired) electrons. The Hall–Kier alpha value is -1.92. The molecule has 94 valence electrons. The van der Waals surface area contributed by atoms with Crippen molar-refractivity contribution in [1.29, 1.82) is 0 Å². The largest absolute Gasteiger partial charge is 0.481 e. The predicted molar refractivity (Wildman–Crippen MR) is 57.2 cm³/mol. The van der Waals surface area contributed by atoms with Crippen molar-refractivity contribution in [3.05, 3.63) is 12.2 Å². The summed E-state index contributed by atoms with van der Waals surface area (Å²) in [6, 6.07) is 0. The smallest absolute Gasteiger partial charge is 0.320 e. The van der Waals surface area contributed by atoms with E-state index in [2.05, 4.69) is 14.8 Å². The van der Waals surface area contributed by atoms with E-state index in [4.69, 9.17) is 5.11 Å². The van der Waals surface area contributed by atoms with E-state index in [-0.39, 0.29) is 6.42 Å². The highest BCUT2D eigenvalue weighted by atomic mass is 16.5. The van der Waals surface area contributed by atoms with Crippen molar-refractivity contribution in [2.24, 2.45) is 5.92 Å². The van der Waals surface area contributed by atoms with Gasteiger partial charge in [-0.05, 0) is 6.42 Å². The van der Waals surface area contributed by atoms with Gasteiger partial charge in [0.05, 0.1) is 7.11 Å². The van der Waals surface area contributed by atoms with Gasteiger partial charge in [-0.25, -0.2) is 4.98 Å². The number of hydrogen-bond donors (Lipinski definition) is 1. The molecule has 1 rings (SSSR count). The second kappa shape index (κ2) is 5.97. The molecule has 1 N–H and O–H groups in total. The first-order valence-electron chi connectivity index (χ1n) is 5.27. The number of aromatic nitrogens is 3. The summed E-state index contributed by atoms with van der Waals surface area (Å²) in [5.74, 6) is -2.75. The lowest BCUT2D eigenvalue weighted by atomic mass is 10.1. The minimum Gasteiger partial charge on any atom is -0.481 e. The molecule has 0 fully saturated rings. The third kappa shape index (κ3) is 3.27. The summed E-state index contributed by atoms with van der Waals surface area (Å²) in [6.07, 6.45) is 2.19. The van der Waals surface area contributed by atoms with Crippen LogP contribution in [0.3, 0.4) is 0 Å². The zero-order chi connectivity index (χ0) is 12.8. The van der Waals surface area contributed by atoms with E-state index < -0.39 is 17.9 Å². The molecule has 1 heterocycles. The molecule has 0 saturated heterocycles. The first-order chi connectivity index (χ1) is 8.10. The van der Waals surface area contributed by atoms with Crippen LogP contribution in [0.4, 0.5) is 0 Å². The average Bonchev–Trinajstić information content (AvgIpc) is 2.72. The van der Waals surface area contributed by atoms with Crippen molar-refractivity contribution in [1.82, 2.24) is 14.8 Å². The second-order valence-corrected chi connectivity index (χ2v) is 3.52. The Kier molecular flexibility index (Phi) is 4.62. The molecule has 7 heteroatoms. The highest BCUT2D eigenvalue weighted by Gasteiger charge is 2.29. The Labute approximate surface area is 98.4 Å². The van der Waals surface area contributed by atoms with E-state index in [0.717, 1.165) is 13.5 Å². The number of ether oxygens (including phenoxy) is 1. The summed E-state index contributed by atoms with van der Waals surface area (Å²) in [6.45, 7) is 2.61. The maximum absolute atomic E-state index is 11.3. The van der Waals surface area contributed by atoms with Gasteiger partial charge in [-0.1, -0.05) is 6.92 Å². The fourth-order valence-electron chi connectivity index (χ4n) is 1.44. The lowest BCUT2D eigenvalue weighted by molar-refractivity contribution is -0.156. The maximum atomic E-state index is 11.3. The lowest BCUT2D eigenvalue weighted by Gasteiger charge is -2.10. The summed E-state index contributed by atoms with van der Waals surface area (Å²) < 4.78 is 6.04. The summed E-state index contributed by atoms with van der Waals surface area (Å²) in [4.78, 5) is 26.2. The number of methoxy groups -OCH3 is 1. The highest BCUT2D eigenvalue weighted by molar-refractivity contribution is 5.94. The standard InChI is InChI=1S/C10H15N3O4/c1-3-4-13-8(11-6-12-13)5-7(9(14)15)10(16)17-2/h6-7H,3-5H2,1-2H3,(H,14,15). The molecule has 1 atom stereocenters. The minimum atomic E-state index is -1.24. The SMILES string of the molecule is CCCn1ncnc1CC(C(=O)O)C(=O)OC. The predicted octanol–water partition coefficient (Wildman–Crippen LogP) is 0.104. The van der Waals surface area contributed by atoms with Crippen LogP contribution in [-0.2, 0) is 27.3 Å². The van der Waals surface area contributed by atoms with Crippen molar-refractivity contribution in [3.63, 3.8) is 0 Å². The van der Waals surface area contributed by atoms with Crippen LogP contribution in [0.25, 0.3) is 0 Å². The van der Waals surface area contributed by atoms with Crippen molar-refractivity contribution in [2.75, 3.05) is 7.11 Å². The fraction of sp³-hybridized carbons (Fsp3) is 0.600. The van der Waals surface area contributed by atoms with Gasteiger partial charge in [-0.2, -0.15) is 5.10 Å². The molecular formula is C10H15N3O4. The average molecular weight is 241 g/mol. The van der Waals surface area contributed by atoms with Crippen LogP contribution in [0.1, 0.15) is 19.2 Å². The summed E-state index contributed by atoms with van der Waals surface area (Å²) in [5, 5.41) is 12.9. The Morgan fingerprint density at radius 1 is 1.59 bits per heavy atom. The monoisotopic (exact) mass is 241 g/mol. The van der Waals surface area contributed by atoms with Gasteiger partial charge < -0.3 is 9.84 Å². The van der Waals surface area contributed by atoms with Gasteiger partial charge in [0.1, 0.15) is 12.2 Å². The van der Waals surface area contributed by atoms with E-state index in [0.29, 0.717) is 12.4 Å². The summed E-state index contributed by atoms with van der Waals surface area (Å²) in [7, 11) is 1.16. The molecular weight excluding hydrogens is 226 g/mol. The van der Waals surface area contributed by atoms with Crippen LogP contribution in [-0.4, -0.2) is 38.9 Å². The van der Waals surface area contributed by atoms with Crippen molar-refractivity contribution >= 4 is 11.9 Å². The topological polar surface area (TPSA) is 94.3 Å². The van der Waals surface area contributed by atoms with Gasteiger partial charge in [0.25, 0.3) is 0 Å². The third-order valence-corrected chi connectivity index (χ3v) is 2.30. The fourth-order valence-corrected chi connectivity index (χ4v) is 1.44.